The average Bonchev–Trinajstić information content (AvgIpc) is 3.80. The number of fused-ring (bicyclic) bond motifs is 4. The number of hydrogen-bond donors (Lipinski definition) is 0. The van der Waals surface area contributed by atoms with E-state index in [0.717, 1.165) is 78.3 Å². The third-order valence-corrected chi connectivity index (χ3v) is 12.9. The van der Waals surface area contributed by atoms with Crippen LogP contribution in [-0.2, 0) is 0 Å². The minimum atomic E-state index is 0.837. The molecule has 0 fully saturated rings. The molecule has 0 aliphatic heterocycles. The van der Waals surface area contributed by atoms with Gasteiger partial charge in [-0.15, -0.1) is 0 Å². The van der Waals surface area contributed by atoms with Crippen molar-refractivity contribution in [3.63, 3.8) is 0 Å². The molecule has 3 heteroatoms. The van der Waals surface area contributed by atoms with Crippen LogP contribution >= 0.6 is 0 Å². The normalized spacial score (nSPS) is 11.3. The highest BCUT2D eigenvalue weighted by atomic mass is 16.3. The zero-order valence-electron chi connectivity index (χ0n) is 36.7. The SMILES string of the molecule is c1ccc(-c2ccc(N(c3ccc(-c4ccc5ccccc5c4)cc3)c3ccccc3-c3ccccc3N(c3cccc(-c4ccccc4)c3)c3cccc4c3oc3ccccc34)cc2)cc1. The van der Waals surface area contributed by atoms with Crippen molar-refractivity contribution in [1.29, 1.82) is 0 Å². The molecule has 0 atom stereocenters. The highest BCUT2D eigenvalue weighted by Crippen LogP contribution is 2.49. The Hall–Kier alpha value is -8.92. The number of anilines is 6. The van der Waals surface area contributed by atoms with Crippen molar-refractivity contribution in [3.05, 3.63) is 267 Å². The van der Waals surface area contributed by atoms with Crippen LogP contribution in [0.2, 0.25) is 0 Å². The lowest BCUT2D eigenvalue weighted by molar-refractivity contribution is 0.669. The molecule has 316 valence electrons. The number of rotatable bonds is 10. The molecule has 0 amide bonds. The van der Waals surface area contributed by atoms with Gasteiger partial charge in [0.15, 0.2) is 5.58 Å². The second-order valence-electron chi connectivity index (χ2n) is 16.9. The van der Waals surface area contributed by atoms with Gasteiger partial charge in [0.1, 0.15) is 5.58 Å². The van der Waals surface area contributed by atoms with Gasteiger partial charge in [-0.25, -0.2) is 0 Å². The van der Waals surface area contributed by atoms with E-state index in [-0.39, 0.29) is 0 Å². The summed E-state index contributed by atoms with van der Waals surface area (Å²) in [6.45, 7) is 0. The van der Waals surface area contributed by atoms with Crippen LogP contribution in [0.15, 0.2) is 271 Å². The first-order chi connectivity index (χ1) is 33.2. The van der Waals surface area contributed by atoms with Crippen molar-refractivity contribution in [2.24, 2.45) is 0 Å². The average molecular weight is 857 g/mol. The van der Waals surface area contributed by atoms with E-state index in [9.17, 15) is 0 Å². The molecule has 12 rings (SSSR count). The van der Waals surface area contributed by atoms with Gasteiger partial charge in [0.05, 0.1) is 17.1 Å². The summed E-state index contributed by atoms with van der Waals surface area (Å²) in [4.78, 5) is 4.77. The van der Waals surface area contributed by atoms with E-state index >= 15 is 0 Å². The van der Waals surface area contributed by atoms with E-state index in [1.807, 2.05) is 6.07 Å². The van der Waals surface area contributed by atoms with Crippen LogP contribution in [-0.4, -0.2) is 0 Å². The van der Waals surface area contributed by atoms with Crippen LogP contribution < -0.4 is 9.80 Å². The van der Waals surface area contributed by atoms with E-state index in [0.29, 0.717) is 0 Å². The molecule has 0 aliphatic carbocycles. The van der Waals surface area contributed by atoms with Gasteiger partial charge in [0, 0.05) is 39.0 Å². The van der Waals surface area contributed by atoms with Crippen molar-refractivity contribution >= 4 is 66.8 Å². The molecule has 67 heavy (non-hydrogen) atoms. The van der Waals surface area contributed by atoms with E-state index in [1.165, 1.54) is 33.0 Å². The highest BCUT2D eigenvalue weighted by Gasteiger charge is 2.25. The van der Waals surface area contributed by atoms with Crippen LogP contribution in [0.1, 0.15) is 0 Å². The summed E-state index contributed by atoms with van der Waals surface area (Å²) >= 11 is 0. The van der Waals surface area contributed by atoms with Gasteiger partial charge < -0.3 is 14.2 Å². The Morgan fingerprint density at radius 1 is 0.254 bits per heavy atom. The van der Waals surface area contributed by atoms with Crippen molar-refractivity contribution in [2.45, 2.75) is 0 Å². The van der Waals surface area contributed by atoms with E-state index < -0.39 is 0 Å². The lowest BCUT2D eigenvalue weighted by Crippen LogP contribution is -2.14. The van der Waals surface area contributed by atoms with Crippen LogP contribution in [0.25, 0.3) is 77.2 Å². The lowest BCUT2D eigenvalue weighted by Gasteiger charge is -2.31. The van der Waals surface area contributed by atoms with Gasteiger partial charge in [0.25, 0.3) is 0 Å². The molecule has 1 aromatic heterocycles. The number of hydrogen-bond acceptors (Lipinski definition) is 3. The second kappa shape index (κ2) is 17.2. The van der Waals surface area contributed by atoms with Gasteiger partial charge in [-0.3, -0.25) is 0 Å². The van der Waals surface area contributed by atoms with Crippen LogP contribution in [0.4, 0.5) is 34.1 Å². The molecule has 11 aromatic carbocycles. The fourth-order valence-electron chi connectivity index (χ4n) is 9.60. The first kappa shape index (κ1) is 39.7. The Morgan fingerprint density at radius 2 is 0.716 bits per heavy atom. The van der Waals surface area contributed by atoms with Crippen molar-refractivity contribution < 1.29 is 4.42 Å². The van der Waals surface area contributed by atoms with Gasteiger partial charge in [-0.2, -0.15) is 0 Å². The summed E-state index contributed by atoms with van der Waals surface area (Å²) in [6, 6.07) is 95.6. The summed E-state index contributed by atoms with van der Waals surface area (Å²) in [5, 5.41) is 4.64. The maximum absolute atomic E-state index is 6.80. The highest BCUT2D eigenvalue weighted by molar-refractivity contribution is 6.11. The van der Waals surface area contributed by atoms with E-state index in [1.54, 1.807) is 0 Å². The molecular weight excluding hydrogens is 813 g/mol. The first-order valence-electron chi connectivity index (χ1n) is 22.8. The standard InChI is InChI=1S/C64H44N2O/c1-3-17-45(18-4-1)48-35-39-53(40-36-48)65(54-41-37-49(38-42-54)52-34-33-47-21-7-8-22-50(47)43-52)60-29-12-9-25-56(60)57-26-10-13-30-61(57)66(55-24-15-23-51(44-55)46-19-5-2-6-20-46)62-31-16-28-59-58-27-11-14-32-63(58)67-64(59)62/h1-44H. The summed E-state index contributed by atoms with van der Waals surface area (Å²) in [5.41, 5.74) is 17.1. The van der Waals surface area contributed by atoms with Gasteiger partial charge in [-0.1, -0.05) is 200 Å². The van der Waals surface area contributed by atoms with Gasteiger partial charge >= 0.3 is 0 Å². The zero-order valence-corrected chi connectivity index (χ0v) is 36.7. The fourth-order valence-corrected chi connectivity index (χ4v) is 9.60. The number of benzene rings is 11. The minimum absolute atomic E-state index is 0.837. The fraction of sp³-hybridized carbons (Fsp3) is 0. The van der Waals surface area contributed by atoms with Crippen molar-refractivity contribution in [1.82, 2.24) is 0 Å². The molecule has 12 aromatic rings. The lowest BCUT2D eigenvalue weighted by atomic mass is 9.97. The first-order valence-corrected chi connectivity index (χ1v) is 22.8. The van der Waals surface area contributed by atoms with Crippen LogP contribution in [0, 0.1) is 0 Å². The maximum atomic E-state index is 6.80. The maximum Gasteiger partial charge on any atom is 0.159 e. The van der Waals surface area contributed by atoms with Gasteiger partial charge in [-0.05, 0) is 111 Å². The predicted molar refractivity (Wildman–Crippen MR) is 282 cm³/mol. The molecule has 0 spiro atoms. The van der Waals surface area contributed by atoms with E-state index in [4.69, 9.17) is 4.42 Å². The number of nitrogens with zero attached hydrogens (tertiary/aromatic N) is 2. The van der Waals surface area contributed by atoms with Gasteiger partial charge in [0.2, 0.25) is 0 Å². The largest absolute Gasteiger partial charge is 0.454 e. The predicted octanol–water partition coefficient (Wildman–Crippen LogP) is 18.3. The molecule has 3 nitrogen and oxygen atoms in total. The smallest absolute Gasteiger partial charge is 0.159 e. The molecule has 0 aliphatic rings. The number of para-hydroxylation sites is 4. The van der Waals surface area contributed by atoms with E-state index in [2.05, 4.69) is 271 Å². The summed E-state index contributed by atoms with van der Waals surface area (Å²) in [7, 11) is 0. The molecule has 0 N–H and O–H groups in total. The third-order valence-electron chi connectivity index (χ3n) is 12.9. The Balaban J connectivity index is 1.04. The number of furan rings is 1. The quantitative estimate of drug-likeness (QED) is 0.137. The molecule has 0 unspecified atom stereocenters. The topological polar surface area (TPSA) is 19.6 Å². The Labute approximate surface area is 390 Å². The Bertz CT molecular complexity index is 3690. The third kappa shape index (κ3) is 7.49. The second-order valence-corrected chi connectivity index (χ2v) is 16.9. The van der Waals surface area contributed by atoms with Crippen LogP contribution in [0.5, 0.6) is 0 Å². The molecule has 0 saturated carbocycles. The summed E-state index contributed by atoms with van der Waals surface area (Å²) < 4.78 is 6.80. The monoisotopic (exact) mass is 856 g/mol. The molecule has 0 radical (unpaired) electrons. The molecule has 0 bridgehead atoms. The zero-order chi connectivity index (χ0) is 44.5. The summed E-state index contributed by atoms with van der Waals surface area (Å²) in [6.07, 6.45) is 0. The Kier molecular flexibility index (Phi) is 10.2. The summed E-state index contributed by atoms with van der Waals surface area (Å²) in [5.74, 6) is 0. The molecule has 0 saturated heterocycles. The molecular formula is C64H44N2O. The minimum Gasteiger partial charge on any atom is -0.454 e. The molecule has 1 heterocycles. The van der Waals surface area contributed by atoms with Crippen molar-refractivity contribution in [3.8, 4) is 44.5 Å². The van der Waals surface area contributed by atoms with Crippen LogP contribution in [0.3, 0.4) is 0 Å². The Morgan fingerprint density at radius 3 is 1.42 bits per heavy atom. The van der Waals surface area contributed by atoms with Crippen molar-refractivity contribution in [2.75, 3.05) is 9.80 Å².